The average Bonchev–Trinajstić information content (AvgIpc) is 2.90. The van der Waals surface area contributed by atoms with Gasteiger partial charge in [-0.25, -0.2) is 0 Å². The predicted molar refractivity (Wildman–Crippen MR) is 146 cm³/mol. The first kappa shape index (κ1) is 26.6. The van der Waals surface area contributed by atoms with Crippen LogP contribution in [0.5, 0.6) is 0 Å². The highest BCUT2D eigenvalue weighted by Crippen LogP contribution is 2.41. The Hall–Kier alpha value is -3.01. The number of ketones is 1. The van der Waals surface area contributed by atoms with Crippen molar-refractivity contribution in [1.29, 1.82) is 0 Å². The third kappa shape index (κ3) is 6.17. The number of piperidine rings is 1. The first-order valence-corrected chi connectivity index (χ1v) is 12.5. The van der Waals surface area contributed by atoms with Crippen molar-refractivity contribution in [2.45, 2.75) is 44.6 Å². The van der Waals surface area contributed by atoms with Gasteiger partial charge in [0.15, 0.2) is 5.78 Å². The lowest BCUT2D eigenvalue weighted by molar-refractivity contribution is -0.0133. The van der Waals surface area contributed by atoms with Crippen LogP contribution in [0.15, 0.2) is 98.1 Å². The first-order chi connectivity index (χ1) is 16.8. The molecule has 0 unspecified atom stereocenters. The highest BCUT2D eigenvalue weighted by molar-refractivity contribution is 5.97. The largest absolute Gasteiger partial charge is 0.380 e. The first-order valence-electron chi connectivity index (χ1n) is 12.5. The van der Waals surface area contributed by atoms with Crippen LogP contribution in [0.4, 0.5) is 0 Å². The molecule has 1 aliphatic rings. The van der Waals surface area contributed by atoms with Gasteiger partial charge in [-0.3, -0.25) is 9.69 Å². The van der Waals surface area contributed by atoms with E-state index in [1.54, 1.807) is 0 Å². The van der Waals surface area contributed by atoms with Crippen molar-refractivity contribution in [3.05, 3.63) is 120 Å². The second kappa shape index (κ2) is 11.6. The van der Waals surface area contributed by atoms with Gasteiger partial charge in [0.2, 0.25) is 0 Å². The maximum absolute atomic E-state index is 12.9. The molecule has 1 saturated heterocycles. The van der Waals surface area contributed by atoms with Crippen LogP contribution in [-0.2, 0) is 11.0 Å². The molecule has 0 bridgehead atoms. The molecule has 3 aromatic rings. The number of hydrogen-bond donors (Lipinski definition) is 1. The van der Waals surface area contributed by atoms with E-state index in [1.165, 1.54) is 5.56 Å². The van der Waals surface area contributed by atoms with E-state index in [2.05, 4.69) is 51.0 Å². The SMILES string of the molecule is C=C.CC(C)(C)c1ccc(C(=O)CN2CCC(C(O)(c3ccccc3)c3ccccc3)CC2)cc1. The van der Waals surface area contributed by atoms with Crippen LogP contribution in [0.25, 0.3) is 0 Å². The molecule has 1 heterocycles. The Balaban J connectivity index is 0.00000167. The topological polar surface area (TPSA) is 40.5 Å². The van der Waals surface area contributed by atoms with Crippen molar-refractivity contribution in [3.8, 4) is 0 Å². The molecule has 184 valence electrons. The molecular weight excluding hydrogens is 430 g/mol. The number of aliphatic hydroxyl groups is 1. The van der Waals surface area contributed by atoms with E-state index in [-0.39, 0.29) is 17.1 Å². The Bertz CT molecular complexity index is 1020. The van der Waals surface area contributed by atoms with Gasteiger partial charge in [0.1, 0.15) is 5.60 Å². The molecule has 3 aromatic carbocycles. The number of benzene rings is 3. The number of carbonyl (C=O) groups is 1. The molecule has 1 N–H and O–H groups in total. The number of hydrogen-bond acceptors (Lipinski definition) is 3. The van der Waals surface area contributed by atoms with Crippen LogP contribution >= 0.6 is 0 Å². The van der Waals surface area contributed by atoms with Crippen LogP contribution in [0.1, 0.15) is 60.7 Å². The molecule has 4 rings (SSSR count). The molecule has 0 aromatic heterocycles. The third-order valence-electron chi connectivity index (χ3n) is 7.05. The summed E-state index contributed by atoms with van der Waals surface area (Å²) in [6, 6.07) is 28.0. The Morgan fingerprint density at radius 2 is 1.26 bits per heavy atom. The minimum absolute atomic E-state index is 0.0811. The van der Waals surface area contributed by atoms with Crippen LogP contribution in [0.2, 0.25) is 0 Å². The lowest BCUT2D eigenvalue weighted by Crippen LogP contribution is -2.45. The summed E-state index contributed by atoms with van der Waals surface area (Å²) in [6.45, 7) is 14.6. The lowest BCUT2D eigenvalue weighted by Gasteiger charge is -2.42. The predicted octanol–water partition coefficient (Wildman–Crippen LogP) is 6.62. The number of rotatable bonds is 6. The molecule has 0 amide bonds. The smallest absolute Gasteiger partial charge is 0.176 e. The fourth-order valence-corrected chi connectivity index (χ4v) is 4.98. The van der Waals surface area contributed by atoms with Gasteiger partial charge in [-0.15, -0.1) is 13.2 Å². The van der Waals surface area contributed by atoms with Gasteiger partial charge in [-0.1, -0.05) is 106 Å². The Labute approximate surface area is 211 Å². The van der Waals surface area contributed by atoms with Gasteiger partial charge in [0.05, 0.1) is 6.54 Å². The van der Waals surface area contributed by atoms with Crippen LogP contribution < -0.4 is 0 Å². The molecule has 3 nitrogen and oxygen atoms in total. The van der Waals surface area contributed by atoms with Gasteiger partial charge in [-0.05, 0) is 54.0 Å². The molecule has 1 aliphatic heterocycles. The van der Waals surface area contributed by atoms with Gasteiger partial charge in [-0.2, -0.15) is 0 Å². The molecule has 0 atom stereocenters. The van der Waals surface area contributed by atoms with E-state index in [9.17, 15) is 9.90 Å². The summed E-state index contributed by atoms with van der Waals surface area (Å²) in [4.78, 5) is 15.1. The number of carbonyl (C=O) groups excluding carboxylic acids is 1. The van der Waals surface area contributed by atoms with Crippen molar-refractivity contribution in [2.75, 3.05) is 19.6 Å². The Morgan fingerprint density at radius 3 is 1.69 bits per heavy atom. The maximum Gasteiger partial charge on any atom is 0.176 e. The van der Waals surface area contributed by atoms with Gasteiger partial charge in [0.25, 0.3) is 0 Å². The zero-order valence-corrected chi connectivity index (χ0v) is 21.4. The molecule has 0 radical (unpaired) electrons. The fraction of sp³-hybridized carbons (Fsp3) is 0.344. The van der Waals surface area contributed by atoms with Crippen molar-refractivity contribution in [1.82, 2.24) is 4.90 Å². The molecule has 3 heteroatoms. The number of Topliss-reactive ketones (excluding diaryl/α,β-unsaturated/α-hetero) is 1. The van der Waals surface area contributed by atoms with Crippen molar-refractivity contribution < 1.29 is 9.90 Å². The van der Waals surface area contributed by atoms with Crippen molar-refractivity contribution >= 4 is 5.78 Å². The molecular formula is C32H39NO2. The highest BCUT2D eigenvalue weighted by atomic mass is 16.3. The maximum atomic E-state index is 12.9. The standard InChI is InChI=1S/C30H35NO2.C2H4/c1-29(2,3)24-16-14-23(15-17-24)28(32)22-31-20-18-27(19-21-31)30(33,25-10-6-4-7-11-25)26-12-8-5-9-13-26;1-2/h4-17,27,33H,18-22H2,1-3H3;1-2H2. The second-order valence-corrected chi connectivity index (χ2v) is 10.3. The van der Waals surface area contributed by atoms with E-state index in [4.69, 9.17) is 0 Å². The van der Waals surface area contributed by atoms with Crippen LogP contribution in [0, 0.1) is 5.92 Å². The van der Waals surface area contributed by atoms with Gasteiger partial charge in [0, 0.05) is 5.56 Å². The van der Waals surface area contributed by atoms with Crippen LogP contribution in [-0.4, -0.2) is 35.4 Å². The monoisotopic (exact) mass is 469 g/mol. The normalized spacial score (nSPS) is 15.2. The van der Waals surface area contributed by atoms with E-state index < -0.39 is 5.60 Å². The van der Waals surface area contributed by atoms with E-state index >= 15 is 0 Å². The van der Waals surface area contributed by atoms with E-state index in [0.717, 1.165) is 42.6 Å². The summed E-state index contributed by atoms with van der Waals surface area (Å²) in [5, 5.41) is 12.0. The van der Waals surface area contributed by atoms with Gasteiger partial charge >= 0.3 is 0 Å². The Kier molecular flexibility index (Phi) is 8.82. The van der Waals surface area contributed by atoms with E-state index in [0.29, 0.717) is 6.54 Å². The van der Waals surface area contributed by atoms with Crippen molar-refractivity contribution in [3.63, 3.8) is 0 Å². The highest BCUT2D eigenvalue weighted by Gasteiger charge is 2.41. The number of likely N-dealkylation sites (tertiary alicyclic amines) is 1. The van der Waals surface area contributed by atoms with Crippen LogP contribution in [0.3, 0.4) is 0 Å². The minimum atomic E-state index is -1.03. The summed E-state index contributed by atoms with van der Waals surface area (Å²) in [5.41, 5.74) is 2.93. The summed E-state index contributed by atoms with van der Waals surface area (Å²) >= 11 is 0. The summed E-state index contributed by atoms with van der Waals surface area (Å²) in [5.74, 6) is 0.259. The molecule has 35 heavy (non-hydrogen) atoms. The minimum Gasteiger partial charge on any atom is -0.380 e. The second-order valence-electron chi connectivity index (χ2n) is 10.3. The summed E-state index contributed by atoms with van der Waals surface area (Å²) in [7, 11) is 0. The molecule has 1 fully saturated rings. The number of nitrogens with zero attached hydrogens (tertiary/aromatic N) is 1. The average molecular weight is 470 g/mol. The quantitative estimate of drug-likeness (QED) is 0.326. The zero-order valence-electron chi connectivity index (χ0n) is 21.4. The summed E-state index contributed by atoms with van der Waals surface area (Å²) < 4.78 is 0. The third-order valence-corrected chi connectivity index (χ3v) is 7.05. The van der Waals surface area contributed by atoms with Gasteiger partial charge < -0.3 is 5.11 Å². The summed E-state index contributed by atoms with van der Waals surface area (Å²) in [6.07, 6.45) is 1.69. The molecule has 0 spiro atoms. The zero-order chi connectivity index (χ0) is 25.5. The molecule has 0 aliphatic carbocycles. The fourth-order valence-electron chi connectivity index (χ4n) is 4.98. The molecule has 0 saturated carbocycles. The Morgan fingerprint density at radius 1 is 0.800 bits per heavy atom. The van der Waals surface area contributed by atoms with E-state index in [1.807, 2.05) is 72.8 Å². The van der Waals surface area contributed by atoms with Crippen molar-refractivity contribution in [2.24, 2.45) is 5.92 Å². The lowest BCUT2D eigenvalue weighted by atomic mass is 9.72.